The van der Waals surface area contributed by atoms with Gasteiger partial charge in [-0.3, -0.25) is 0 Å². The Labute approximate surface area is 110 Å². The van der Waals surface area contributed by atoms with Crippen molar-refractivity contribution in [3.63, 3.8) is 0 Å². The van der Waals surface area contributed by atoms with E-state index in [0.29, 0.717) is 6.04 Å². The molecule has 2 atom stereocenters. The molecule has 1 fully saturated rings. The fraction of sp³-hybridized carbons (Fsp3) is 0.600. The molecule has 1 nitrogen and oxygen atoms in total. The molecular formula is C15H22ClN. The first-order valence-corrected chi connectivity index (χ1v) is 7.09. The van der Waals surface area contributed by atoms with E-state index in [1.165, 1.54) is 43.4 Å². The largest absolute Gasteiger partial charge is 0.382 e. The first-order chi connectivity index (χ1) is 8.19. The Morgan fingerprint density at radius 2 is 2.18 bits per heavy atom. The van der Waals surface area contributed by atoms with Crippen LogP contribution in [0.3, 0.4) is 0 Å². The highest BCUT2D eigenvalue weighted by atomic mass is 35.5. The van der Waals surface area contributed by atoms with Crippen LogP contribution >= 0.6 is 11.6 Å². The molecule has 2 unspecified atom stereocenters. The molecule has 0 aromatic heterocycles. The molecule has 0 spiro atoms. The van der Waals surface area contributed by atoms with Gasteiger partial charge in [-0.25, -0.2) is 0 Å². The molecule has 0 bridgehead atoms. The summed E-state index contributed by atoms with van der Waals surface area (Å²) in [6, 6.07) is 6.72. The molecule has 0 heterocycles. The van der Waals surface area contributed by atoms with Crippen LogP contribution in [-0.2, 0) is 0 Å². The summed E-state index contributed by atoms with van der Waals surface area (Å²) >= 11 is 6.05. The van der Waals surface area contributed by atoms with E-state index in [4.69, 9.17) is 11.6 Å². The van der Waals surface area contributed by atoms with Crippen molar-refractivity contribution < 1.29 is 0 Å². The van der Waals surface area contributed by atoms with Gasteiger partial charge in [0.2, 0.25) is 0 Å². The summed E-state index contributed by atoms with van der Waals surface area (Å²) in [6.07, 6.45) is 6.68. The van der Waals surface area contributed by atoms with Gasteiger partial charge in [0, 0.05) is 16.8 Å². The number of rotatable bonds is 3. The van der Waals surface area contributed by atoms with Gasteiger partial charge in [0.15, 0.2) is 0 Å². The molecule has 1 N–H and O–H groups in total. The lowest BCUT2D eigenvalue weighted by Gasteiger charge is -2.30. The van der Waals surface area contributed by atoms with E-state index in [0.717, 1.165) is 10.9 Å². The minimum Gasteiger partial charge on any atom is -0.382 e. The topological polar surface area (TPSA) is 12.0 Å². The minimum atomic E-state index is 0.630. The molecule has 1 aromatic carbocycles. The third kappa shape index (κ3) is 3.38. The number of anilines is 1. The molecule has 0 amide bonds. The number of hydrogen-bond acceptors (Lipinski definition) is 1. The van der Waals surface area contributed by atoms with Crippen molar-refractivity contribution in [2.45, 2.75) is 52.0 Å². The number of hydrogen-bond donors (Lipinski definition) is 1. The summed E-state index contributed by atoms with van der Waals surface area (Å²) in [5.41, 5.74) is 2.49. The Kier molecular flexibility index (Phi) is 4.33. The van der Waals surface area contributed by atoms with E-state index in [9.17, 15) is 0 Å². The monoisotopic (exact) mass is 251 g/mol. The molecular weight excluding hydrogens is 230 g/mol. The highest BCUT2D eigenvalue weighted by Gasteiger charge is 2.20. The van der Waals surface area contributed by atoms with Crippen molar-refractivity contribution in [1.82, 2.24) is 0 Å². The zero-order valence-corrected chi connectivity index (χ0v) is 11.6. The maximum Gasteiger partial charge on any atom is 0.0426 e. The van der Waals surface area contributed by atoms with Gasteiger partial charge in [0.05, 0.1) is 0 Å². The summed E-state index contributed by atoms with van der Waals surface area (Å²) in [4.78, 5) is 0. The SMILES string of the molecule is CCC1CCCC(Nc2cc(Cl)ccc2C)C1. The molecule has 1 aliphatic rings. The molecule has 2 heteroatoms. The standard InChI is InChI=1S/C15H22ClN/c1-3-12-5-4-6-14(9-12)17-15-10-13(16)8-7-11(15)2/h7-8,10,12,14,17H,3-6,9H2,1-2H3. The average Bonchev–Trinajstić information content (AvgIpc) is 2.34. The van der Waals surface area contributed by atoms with Crippen molar-refractivity contribution >= 4 is 17.3 Å². The lowest BCUT2D eigenvalue weighted by atomic mass is 9.84. The molecule has 1 aliphatic carbocycles. The second kappa shape index (κ2) is 5.77. The maximum atomic E-state index is 6.05. The minimum absolute atomic E-state index is 0.630. The van der Waals surface area contributed by atoms with Crippen molar-refractivity contribution in [3.8, 4) is 0 Å². The molecule has 94 valence electrons. The Balaban J connectivity index is 2.02. The Hall–Kier alpha value is -0.690. The van der Waals surface area contributed by atoms with Crippen molar-refractivity contribution in [2.24, 2.45) is 5.92 Å². The van der Waals surface area contributed by atoms with Crippen LogP contribution < -0.4 is 5.32 Å². The van der Waals surface area contributed by atoms with Crippen LogP contribution in [0.15, 0.2) is 18.2 Å². The molecule has 2 rings (SSSR count). The van der Waals surface area contributed by atoms with Crippen LogP contribution in [0, 0.1) is 12.8 Å². The normalized spacial score (nSPS) is 24.6. The summed E-state index contributed by atoms with van der Waals surface area (Å²) in [5, 5.41) is 4.49. The van der Waals surface area contributed by atoms with E-state index in [-0.39, 0.29) is 0 Å². The fourth-order valence-electron chi connectivity index (χ4n) is 2.76. The number of halogens is 1. The maximum absolute atomic E-state index is 6.05. The van der Waals surface area contributed by atoms with Gasteiger partial charge in [-0.05, 0) is 43.4 Å². The van der Waals surface area contributed by atoms with Crippen molar-refractivity contribution in [1.29, 1.82) is 0 Å². The smallest absolute Gasteiger partial charge is 0.0426 e. The molecule has 0 saturated heterocycles. The summed E-state index contributed by atoms with van der Waals surface area (Å²) in [6.45, 7) is 4.44. The highest BCUT2D eigenvalue weighted by molar-refractivity contribution is 6.30. The van der Waals surface area contributed by atoms with Crippen LogP contribution in [0.4, 0.5) is 5.69 Å². The second-order valence-corrected chi connectivity index (χ2v) is 5.68. The summed E-state index contributed by atoms with van der Waals surface area (Å²) in [5.74, 6) is 0.903. The predicted molar refractivity (Wildman–Crippen MR) is 75.8 cm³/mol. The molecule has 1 aromatic rings. The molecule has 0 aliphatic heterocycles. The van der Waals surface area contributed by atoms with E-state index in [1.54, 1.807) is 0 Å². The lowest BCUT2D eigenvalue weighted by molar-refractivity contribution is 0.327. The van der Waals surface area contributed by atoms with E-state index in [1.807, 2.05) is 12.1 Å². The van der Waals surface area contributed by atoms with Gasteiger partial charge in [-0.15, -0.1) is 0 Å². The number of aryl methyl sites for hydroxylation is 1. The van der Waals surface area contributed by atoms with Gasteiger partial charge in [0.25, 0.3) is 0 Å². The van der Waals surface area contributed by atoms with Gasteiger partial charge in [0.1, 0.15) is 0 Å². The van der Waals surface area contributed by atoms with Gasteiger partial charge in [-0.1, -0.05) is 43.9 Å². The van der Waals surface area contributed by atoms with Crippen LogP contribution in [0.5, 0.6) is 0 Å². The Bertz CT molecular complexity index is 375. The third-order valence-corrected chi connectivity index (χ3v) is 4.15. The van der Waals surface area contributed by atoms with Crippen LogP contribution in [0.1, 0.15) is 44.6 Å². The predicted octanol–water partition coefficient (Wildman–Crippen LogP) is 5.03. The van der Waals surface area contributed by atoms with Crippen LogP contribution in [-0.4, -0.2) is 6.04 Å². The van der Waals surface area contributed by atoms with Gasteiger partial charge >= 0.3 is 0 Å². The Morgan fingerprint density at radius 1 is 1.35 bits per heavy atom. The van der Waals surface area contributed by atoms with Gasteiger partial charge in [-0.2, -0.15) is 0 Å². The lowest BCUT2D eigenvalue weighted by Crippen LogP contribution is -2.27. The van der Waals surface area contributed by atoms with E-state index >= 15 is 0 Å². The average molecular weight is 252 g/mol. The number of nitrogens with one attached hydrogen (secondary N) is 1. The zero-order valence-electron chi connectivity index (χ0n) is 10.8. The van der Waals surface area contributed by atoms with Crippen LogP contribution in [0.25, 0.3) is 0 Å². The van der Waals surface area contributed by atoms with Gasteiger partial charge < -0.3 is 5.32 Å². The highest BCUT2D eigenvalue weighted by Crippen LogP contribution is 2.30. The molecule has 0 radical (unpaired) electrons. The Morgan fingerprint density at radius 3 is 2.94 bits per heavy atom. The third-order valence-electron chi connectivity index (χ3n) is 3.92. The van der Waals surface area contributed by atoms with Crippen LogP contribution in [0.2, 0.25) is 5.02 Å². The number of benzene rings is 1. The van der Waals surface area contributed by atoms with Crippen molar-refractivity contribution in [3.05, 3.63) is 28.8 Å². The molecule has 1 saturated carbocycles. The first-order valence-electron chi connectivity index (χ1n) is 6.71. The van der Waals surface area contributed by atoms with E-state index in [2.05, 4.69) is 25.2 Å². The summed E-state index contributed by atoms with van der Waals surface area (Å²) in [7, 11) is 0. The van der Waals surface area contributed by atoms with E-state index < -0.39 is 0 Å². The zero-order chi connectivity index (χ0) is 12.3. The second-order valence-electron chi connectivity index (χ2n) is 5.24. The van der Waals surface area contributed by atoms with Crippen molar-refractivity contribution in [2.75, 3.05) is 5.32 Å². The first kappa shape index (κ1) is 12.8. The molecule has 17 heavy (non-hydrogen) atoms. The quantitative estimate of drug-likeness (QED) is 0.795. The fourth-order valence-corrected chi connectivity index (χ4v) is 2.93. The summed E-state index contributed by atoms with van der Waals surface area (Å²) < 4.78 is 0.